The van der Waals surface area contributed by atoms with E-state index in [1.807, 2.05) is 19.9 Å². The summed E-state index contributed by atoms with van der Waals surface area (Å²) in [7, 11) is 0. The van der Waals surface area contributed by atoms with Gasteiger partial charge < -0.3 is 15.5 Å². The minimum Gasteiger partial charge on any atom is -0.354 e. The number of nitrogens with one attached hydrogen (secondary N) is 2. The number of rotatable bonds is 7. The molecule has 7 heteroatoms. The van der Waals surface area contributed by atoms with E-state index < -0.39 is 6.04 Å². The second-order valence-electron chi connectivity index (χ2n) is 8.59. The maximum absolute atomic E-state index is 13.2. The van der Waals surface area contributed by atoms with Gasteiger partial charge in [-0.3, -0.25) is 14.4 Å². The molecule has 32 heavy (non-hydrogen) atoms. The molecule has 170 valence electrons. The predicted octanol–water partition coefficient (Wildman–Crippen LogP) is 3.25. The van der Waals surface area contributed by atoms with Crippen molar-refractivity contribution < 1.29 is 18.8 Å². The molecule has 6 nitrogen and oxygen atoms in total. The van der Waals surface area contributed by atoms with Crippen LogP contribution in [0.4, 0.5) is 4.39 Å². The predicted molar refractivity (Wildman–Crippen MR) is 121 cm³/mol. The van der Waals surface area contributed by atoms with Gasteiger partial charge in [-0.2, -0.15) is 0 Å². The molecule has 0 bridgehead atoms. The minimum atomic E-state index is -0.676. The molecular formula is C25H30FN3O3. The summed E-state index contributed by atoms with van der Waals surface area (Å²) in [6.45, 7) is 5.49. The van der Waals surface area contributed by atoms with Gasteiger partial charge in [0.05, 0.1) is 0 Å². The maximum atomic E-state index is 13.2. The zero-order valence-electron chi connectivity index (χ0n) is 18.5. The van der Waals surface area contributed by atoms with Gasteiger partial charge in [-0.15, -0.1) is 0 Å². The molecule has 3 rings (SSSR count). The fraction of sp³-hybridized carbons (Fsp3) is 0.400. The van der Waals surface area contributed by atoms with E-state index in [4.69, 9.17) is 0 Å². The summed E-state index contributed by atoms with van der Waals surface area (Å²) in [5.41, 5.74) is 0.937. The van der Waals surface area contributed by atoms with Crippen LogP contribution in [0.1, 0.15) is 47.4 Å². The van der Waals surface area contributed by atoms with E-state index in [1.165, 1.54) is 24.3 Å². The SMILES string of the molecule is CC(C)CNC(=O)C(NC(=O)c1ccccc1)C1CCN(C(=O)c2ccc(F)cc2)CC1. The monoisotopic (exact) mass is 439 g/mol. The molecule has 2 aromatic rings. The Labute approximate surface area is 188 Å². The van der Waals surface area contributed by atoms with E-state index in [0.29, 0.717) is 49.5 Å². The topological polar surface area (TPSA) is 78.5 Å². The highest BCUT2D eigenvalue weighted by Crippen LogP contribution is 2.23. The van der Waals surface area contributed by atoms with Crippen LogP contribution < -0.4 is 10.6 Å². The molecule has 0 aliphatic carbocycles. The van der Waals surface area contributed by atoms with Crippen molar-refractivity contribution in [1.29, 1.82) is 0 Å². The average molecular weight is 440 g/mol. The number of piperidine rings is 1. The van der Waals surface area contributed by atoms with Gasteiger partial charge in [0.2, 0.25) is 5.91 Å². The highest BCUT2D eigenvalue weighted by molar-refractivity contribution is 5.97. The lowest BCUT2D eigenvalue weighted by molar-refractivity contribution is -0.124. The lowest BCUT2D eigenvalue weighted by Gasteiger charge is -2.36. The first-order valence-electron chi connectivity index (χ1n) is 11.0. The van der Waals surface area contributed by atoms with E-state index >= 15 is 0 Å². The van der Waals surface area contributed by atoms with Crippen LogP contribution in [0.25, 0.3) is 0 Å². The van der Waals surface area contributed by atoms with Crippen LogP contribution in [0.2, 0.25) is 0 Å². The van der Waals surface area contributed by atoms with Crippen molar-refractivity contribution >= 4 is 17.7 Å². The Hall–Kier alpha value is -3.22. The van der Waals surface area contributed by atoms with E-state index in [0.717, 1.165) is 0 Å². The molecule has 1 aliphatic heterocycles. The number of carbonyl (C=O) groups is 3. The highest BCUT2D eigenvalue weighted by Gasteiger charge is 2.34. The van der Waals surface area contributed by atoms with Crippen molar-refractivity contribution in [2.45, 2.75) is 32.7 Å². The van der Waals surface area contributed by atoms with Gasteiger partial charge in [-0.05, 0) is 61.1 Å². The molecule has 0 aromatic heterocycles. The Morgan fingerprint density at radius 2 is 1.59 bits per heavy atom. The van der Waals surface area contributed by atoms with Crippen LogP contribution in [0.3, 0.4) is 0 Å². The number of halogens is 1. The fourth-order valence-electron chi connectivity index (χ4n) is 3.84. The quantitative estimate of drug-likeness (QED) is 0.695. The average Bonchev–Trinajstić information content (AvgIpc) is 2.81. The minimum absolute atomic E-state index is 0.0907. The van der Waals surface area contributed by atoms with Crippen LogP contribution in [0.5, 0.6) is 0 Å². The number of amides is 3. The number of nitrogens with zero attached hydrogens (tertiary/aromatic N) is 1. The molecule has 1 unspecified atom stereocenters. The van der Waals surface area contributed by atoms with Crippen molar-refractivity contribution in [2.75, 3.05) is 19.6 Å². The lowest BCUT2D eigenvalue weighted by Crippen LogP contribution is -2.54. The third-order valence-electron chi connectivity index (χ3n) is 5.68. The molecular weight excluding hydrogens is 409 g/mol. The zero-order valence-corrected chi connectivity index (χ0v) is 18.5. The van der Waals surface area contributed by atoms with Gasteiger partial charge in [0.15, 0.2) is 0 Å². The maximum Gasteiger partial charge on any atom is 0.253 e. The Balaban J connectivity index is 1.67. The van der Waals surface area contributed by atoms with Crippen LogP contribution in [-0.2, 0) is 4.79 Å². The van der Waals surface area contributed by atoms with Crippen molar-refractivity contribution in [3.63, 3.8) is 0 Å². The Morgan fingerprint density at radius 3 is 2.19 bits per heavy atom. The first-order valence-corrected chi connectivity index (χ1v) is 11.0. The van der Waals surface area contributed by atoms with Crippen molar-refractivity contribution in [2.24, 2.45) is 11.8 Å². The van der Waals surface area contributed by atoms with Crippen LogP contribution in [0.15, 0.2) is 54.6 Å². The van der Waals surface area contributed by atoms with Crippen LogP contribution in [0, 0.1) is 17.7 Å². The summed E-state index contributed by atoms with van der Waals surface area (Å²) in [6.07, 6.45) is 1.17. The lowest BCUT2D eigenvalue weighted by atomic mass is 9.88. The molecule has 2 N–H and O–H groups in total. The molecule has 0 saturated carbocycles. The molecule has 1 aliphatic rings. The summed E-state index contributed by atoms with van der Waals surface area (Å²) < 4.78 is 13.2. The second kappa shape index (κ2) is 10.9. The van der Waals surface area contributed by atoms with Crippen LogP contribution >= 0.6 is 0 Å². The molecule has 1 saturated heterocycles. The standard InChI is InChI=1S/C25H30FN3O3/c1-17(2)16-27-24(31)22(28-23(30)19-6-4-3-5-7-19)18-12-14-29(15-13-18)25(32)20-8-10-21(26)11-9-20/h3-11,17-18,22H,12-16H2,1-2H3,(H,27,31)(H,28,30). The molecule has 1 heterocycles. The number of benzene rings is 2. The van der Waals surface area contributed by atoms with E-state index in [2.05, 4.69) is 10.6 Å². The molecule has 0 radical (unpaired) electrons. The summed E-state index contributed by atoms with van der Waals surface area (Å²) >= 11 is 0. The summed E-state index contributed by atoms with van der Waals surface area (Å²) in [4.78, 5) is 40.1. The summed E-state index contributed by atoms with van der Waals surface area (Å²) in [5.74, 6) is -0.833. The first-order chi connectivity index (χ1) is 15.3. The van der Waals surface area contributed by atoms with Crippen molar-refractivity contribution in [1.82, 2.24) is 15.5 Å². The Morgan fingerprint density at radius 1 is 0.969 bits per heavy atom. The zero-order chi connectivity index (χ0) is 23.1. The molecule has 1 atom stereocenters. The fourth-order valence-corrected chi connectivity index (χ4v) is 3.84. The molecule has 3 amide bonds. The normalized spacial score (nSPS) is 15.3. The molecule has 2 aromatic carbocycles. The van der Waals surface area contributed by atoms with Gasteiger partial charge in [0.25, 0.3) is 11.8 Å². The van der Waals surface area contributed by atoms with Crippen molar-refractivity contribution in [3.05, 3.63) is 71.5 Å². The number of likely N-dealkylation sites (tertiary alicyclic amines) is 1. The van der Waals surface area contributed by atoms with Gasteiger partial charge in [0.1, 0.15) is 11.9 Å². The molecule has 1 fully saturated rings. The van der Waals surface area contributed by atoms with E-state index in [1.54, 1.807) is 29.2 Å². The van der Waals surface area contributed by atoms with Gasteiger partial charge in [-0.25, -0.2) is 4.39 Å². The van der Waals surface area contributed by atoms with Gasteiger partial charge in [-0.1, -0.05) is 32.0 Å². The van der Waals surface area contributed by atoms with Crippen molar-refractivity contribution in [3.8, 4) is 0 Å². The Kier molecular flexibility index (Phi) is 7.98. The summed E-state index contributed by atoms with van der Waals surface area (Å²) in [6, 6.07) is 13.6. The summed E-state index contributed by atoms with van der Waals surface area (Å²) in [5, 5.41) is 5.84. The largest absolute Gasteiger partial charge is 0.354 e. The smallest absolute Gasteiger partial charge is 0.253 e. The number of hydrogen-bond acceptors (Lipinski definition) is 3. The second-order valence-corrected chi connectivity index (χ2v) is 8.59. The highest BCUT2D eigenvalue weighted by atomic mass is 19.1. The first kappa shape index (κ1) is 23.4. The third kappa shape index (κ3) is 6.15. The molecule has 0 spiro atoms. The number of hydrogen-bond donors (Lipinski definition) is 2. The third-order valence-corrected chi connectivity index (χ3v) is 5.68. The van der Waals surface area contributed by atoms with E-state index in [-0.39, 0.29) is 29.5 Å². The van der Waals surface area contributed by atoms with Gasteiger partial charge in [0, 0.05) is 30.8 Å². The number of carbonyl (C=O) groups excluding carboxylic acids is 3. The Bertz CT molecular complexity index is 923. The van der Waals surface area contributed by atoms with Crippen LogP contribution in [-0.4, -0.2) is 48.3 Å². The van der Waals surface area contributed by atoms with E-state index in [9.17, 15) is 18.8 Å². The van der Waals surface area contributed by atoms with Gasteiger partial charge >= 0.3 is 0 Å².